The summed E-state index contributed by atoms with van der Waals surface area (Å²) >= 11 is 0. The van der Waals surface area contributed by atoms with Gasteiger partial charge in [-0.2, -0.15) is 0 Å². The van der Waals surface area contributed by atoms with E-state index < -0.39 is 0 Å². The van der Waals surface area contributed by atoms with Gasteiger partial charge in [0.1, 0.15) is 0 Å². The average molecular weight is 492 g/mol. The minimum Gasteiger partial charge on any atom is -0.328 e. The summed E-state index contributed by atoms with van der Waals surface area (Å²) in [4.78, 5) is 0. The molecule has 0 rings (SSSR count). The Labute approximate surface area is 223 Å². The molecule has 1 heteroatoms. The molecule has 1 nitrogen and oxygen atoms in total. The van der Waals surface area contributed by atoms with Gasteiger partial charge >= 0.3 is 0 Å². The van der Waals surface area contributed by atoms with E-state index in [1.54, 1.807) is 0 Å². The molecule has 0 radical (unpaired) electrons. The van der Waals surface area contributed by atoms with Crippen LogP contribution in [0.1, 0.15) is 200 Å². The second-order valence-corrected chi connectivity index (χ2v) is 11.5. The van der Waals surface area contributed by atoms with Crippen LogP contribution in [0.25, 0.3) is 0 Å². The zero-order chi connectivity index (χ0) is 25.5. The molecular weight excluding hydrogens is 422 g/mol. The lowest BCUT2D eigenvalue weighted by atomic mass is 10.00. The molecule has 0 aliphatic heterocycles. The molecule has 0 aromatic rings. The quantitative estimate of drug-likeness (QED) is 0.0784. The molecule has 0 aliphatic carbocycles. The SMILES string of the molecule is CCCCCCCCC=CCCCCCCCCC(N)CCCCCCCCCCCCCCC. The van der Waals surface area contributed by atoms with Crippen LogP contribution in [0.3, 0.4) is 0 Å². The first-order valence-electron chi connectivity index (χ1n) is 16.7. The van der Waals surface area contributed by atoms with Crippen LogP contribution >= 0.6 is 0 Å². The van der Waals surface area contributed by atoms with Gasteiger partial charge in [0, 0.05) is 6.04 Å². The minimum absolute atomic E-state index is 0.458. The Hall–Kier alpha value is -0.300. The van der Waals surface area contributed by atoms with E-state index >= 15 is 0 Å². The van der Waals surface area contributed by atoms with Crippen LogP contribution in [0, 0.1) is 0 Å². The molecule has 0 aromatic carbocycles. The van der Waals surface area contributed by atoms with Gasteiger partial charge in [-0.25, -0.2) is 0 Å². The lowest BCUT2D eigenvalue weighted by Crippen LogP contribution is -2.19. The molecule has 0 aromatic heterocycles. The Kier molecular flexibility index (Phi) is 31.5. The minimum atomic E-state index is 0.458. The second-order valence-electron chi connectivity index (χ2n) is 11.5. The van der Waals surface area contributed by atoms with Crippen LogP contribution in [0.4, 0.5) is 0 Å². The van der Waals surface area contributed by atoms with Crippen molar-refractivity contribution in [1.82, 2.24) is 0 Å². The topological polar surface area (TPSA) is 26.0 Å². The zero-order valence-corrected chi connectivity index (χ0v) is 24.8. The molecule has 0 amide bonds. The van der Waals surface area contributed by atoms with Crippen LogP contribution in [0.2, 0.25) is 0 Å². The van der Waals surface area contributed by atoms with Gasteiger partial charge in [0.15, 0.2) is 0 Å². The van der Waals surface area contributed by atoms with Gasteiger partial charge in [0.2, 0.25) is 0 Å². The fraction of sp³-hybridized carbons (Fsp3) is 0.941. The Morgan fingerprint density at radius 3 is 0.943 bits per heavy atom. The first-order valence-corrected chi connectivity index (χ1v) is 16.7. The predicted octanol–water partition coefficient (Wildman–Crippen LogP) is 12.2. The van der Waals surface area contributed by atoms with E-state index in [1.807, 2.05) is 0 Å². The molecular formula is C34H69N. The Bertz CT molecular complexity index is 388. The van der Waals surface area contributed by atoms with Crippen molar-refractivity contribution >= 4 is 0 Å². The summed E-state index contributed by atoms with van der Waals surface area (Å²) in [5, 5.41) is 0. The summed E-state index contributed by atoms with van der Waals surface area (Å²) in [5.74, 6) is 0. The zero-order valence-electron chi connectivity index (χ0n) is 24.8. The summed E-state index contributed by atoms with van der Waals surface area (Å²) in [6, 6.07) is 0.458. The van der Waals surface area contributed by atoms with E-state index in [-0.39, 0.29) is 0 Å². The number of hydrogen-bond acceptors (Lipinski definition) is 1. The van der Waals surface area contributed by atoms with E-state index in [9.17, 15) is 0 Å². The molecule has 0 saturated carbocycles. The van der Waals surface area contributed by atoms with Crippen molar-refractivity contribution in [3.05, 3.63) is 12.2 Å². The van der Waals surface area contributed by atoms with Gasteiger partial charge in [-0.15, -0.1) is 0 Å². The van der Waals surface area contributed by atoms with Crippen molar-refractivity contribution in [2.45, 2.75) is 206 Å². The van der Waals surface area contributed by atoms with Gasteiger partial charge in [-0.05, 0) is 38.5 Å². The first kappa shape index (κ1) is 34.7. The largest absolute Gasteiger partial charge is 0.328 e. The van der Waals surface area contributed by atoms with Crippen LogP contribution in [-0.4, -0.2) is 6.04 Å². The molecule has 1 atom stereocenters. The number of nitrogens with two attached hydrogens (primary N) is 1. The maximum absolute atomic E-state index is 6.37. The van der Waals surface area contributed by atoms with Crippen molar-refractivity contribution in [3.8, 4) is 0 Å². The van der Waals surface area contributed by atoms with Crippen molar-refractivity contribution in [2.24, 2.45) is 5.73 Å². The third-order valence-corrected chi connectivity index (χ3v) is 7.77. The van der Waals surface area contributed by atoms with Gasteiger partial charge in [0.25, 0.3) is 0 Å². The summed E-state index contributed by atoms with van der Waals surface area (Å²) in [6.07, 6.45) is 45.4. The molecule has 0 saturated heterocycles. The molecule has 0 aliphatic rings. The normalized spacial score (nSPS) is 12.7. The molecule has 0 spiro atoms. The van der Waals surface area contributed by atoms with E-state index in [0.29, 0.717) is 6.04 Å². The van der Waals surface area contributed by atoms with Crippen LogP contribution < -0.4 is 5.73 Å². The van der Waals surface area contributed by atoms with Gasteiger partial charge in [0.05, 0.1) is 0 Å². The third-order valence-electron chi connectivity index (χ3n) is 7.77. The van der Waals surface area contributed by atoms with E-state index in [0.717, 1.165) is 0 Å². The summed E-state index contributed by atoms with van der Waals surface area (Å²) in [5.41, 5.74) is 6.37. The van der Waals surface area contributed by atoms with Crippen molar-refractivity contribution in [2.75, 3.05) is 0 Å². The predicted molar refractivity (Wildman–Crippen MR) is 162 cm³/mol. The molecule has 1 unspecified atom stereocenters. The van der Waals surface area contributed by atoms with Gasteiger partial charge < -0.3 is 5.73 Å². The van der Waals surface area contributed by atoms with E-state index in [1.165, 1.54) is 186 Å². The molecule has 0 bridgehead atoms. The standard InChI is InChI=1S/C34H69N/c1-3-5-7-9-11-13-15-17-18-19-21-23-25-27-29-31-33-34(35)32-30-28-26-24-22-20-16-14-12-10-8-6-4-2/h17-18,34H,3-16,19-33,35H2,1-2H3. The van der Waals surface area contributed by atoms with Crippen molar-refractivity contribution < 1.29 is 0 Å². The molecule has 35 heavy (non-hydrogen) atoms. The lowest BCUT2D eigenvalue weighted by Gasteiger charge is -2.11. The number of unbranched alkanes of at least 4 members (excludes halogenated alkanes) is 24. The molecule has 210 valence electrons. The monoisotopic (exact) mass is 492 g/mol. The average Bonchev–Trinajstić information content (AvgIpc) is 2.86. The number of rotatable bonds is 30. The smallest absolute Gasteiger partial charge is 0.00388 e. The Morgan fingerprint density at radius 2 is 0.629 bits per heavy atom. The van der Waals surface area contributed by atoms with Gasteiger partial charge in [-0.3, -0.25) is 0 Å². The molecule has 0 heterocycles. The molecule has 0 fully saturated rings. The summed E-state index contributed by atoms with van der Waals surface area (Å²) < 4.78 is 0. The fourth-order valence-electron chi connectivity index (χ4n) is 5.22. The highest BCUT2D eigenvalue weighted by atomic mass is 14.6. The van der Waals surface area contributed by atoms with Crippen molar-refractivity contribution in [3.63, 3.8) is 0 Å². The summed E-state index contributed by atoms with van der Waals surface area (Å²) in [6.45, 7) is 4.59. The van der Waals surface area contributed by atoms with Crippen molar-refractivity contribution in [1.29, 1.82) is 0 Å². The van der Waals surface area contributed by atoms with Gasteiger partial charge in [-0.1, -0.05) is 174 Å². The second kappa shape index (κ2) is 31.7. The molecule has 2 N–H and O–H groups in total. The number of allylic oxidation sites excluding steroid dienone is 2. The van der Waals surface area contributed by atoms with Crippen LogP contribution in [-0.2, 0) is 0 Å². The maximum Gasteiger partial charge on any atom is 0.00388 e. The van der Waals surface area contributed by atoms with Crippen LogP contribution in [0.15, 0.2) is 12.2 Å². The highest BCUT2D eigenvalue weighted by Gasteiger charge is 2.02. The lowest BCUT2D eigenvalue weighted by molar-refractivity contribution is 0.480. The highest BCUT2D eigenvalue weighted by Crippen LogP contribution is 2.15. The summed E-state index contributed by atoms with van der Waals surface area (Å²) in [7, 11) is 0. The number of hydrogen-bond donors (Lipinski definition) is 1. The van der Waals surface area contributed by atoms with Crippen LogP contribution in [0.5, 0.6) is 0 Å². The Morgan fingerprint density at radius 1 is 0.371 bits per heavy atom. The van der Waals surface area contributed by atoms with E-state index in [4.69, 9.17) is 5.73 Å². The maximum atomic E-state index is 6.37. The first-order chi connectivity index (χ1) is 17.3. The van der Waals surface area contributed by atoms with E-state index in [2.05, 4.69) is 26.0 Å². The Balaban J connectivity index is 3.18. The third kappa shape index (κ3) is 31.7. The fourth-order valence-corrected chi connectivity index (χ4v) is 5.22. The highest BCUT2D eigenvalue weighted by molar-refractivity contribution is 4.81.